The van der Waals surface area contributed by atoms with E-state index in [0.29, 0.717) is 29.1 Å². The van der Waals surface area contributed by atoms with Gasteiger partial charge in [-0.1, -0.05) is 6.07 Å². The van der Waals surface area contributed by atoms with Gasteiger partial charge in [0.25, 0.3) is 0 Å². The van der Waals surface area contributed by atoms with Gasteiger partial charge < -0.3 is 15.2 Å². The number of pyridine rings is 1. The number of anilines is 2. The predicted molar refractivity (Wildman–Crippen MR) is 107 cm³/mol. The van der Waals surface area contributed by atoms with Gasteiger partial charge in [-0.25, -0.2) is 4.98 Å². The molecule has 2 heterocycles. The summed E-state index contributed by atoms with van der Waals surface area (Å²) in [5.41, 5.74) is 10.1. The topological polar surface area (TPSA) is 94.7 Å². The lowest BCUT2D eigenvalue weighted by Crippen LogP contribution is -2.01. The summed E-state index contributed by atoms with van der Waals surface area (Å²) in [6, 6.07) is 9.40. The number of methoxy groups -OCH3 is 1. The summed E-state index contributed by atoms with van der Waals surface area (Å²) in [6.45, 7) is 0.344. The van der Waals surface area contributed by atoms with E-state index in [9.17, 15) is 0 Å². The van der Waals surface area contributed by atoms with Gasteiger partial charge in [-0.2, -0.15) is 5.10 Å². The molecular formula is C17H16BrN5O2S. The number of rotatable bonds is 7. The standard InChI is InChI=1S/C17H16BrN5O2S/c1-24-14-7-11(8-21-23-17-22-15(19)10-26-17)6-13(18)16(14)25-9-12-4-2-3-5-20-12/h2-8,10H,9,19H2,1H3,(H,22,23). The van der Waals surface area contributed by atoms with Crippen LogP contribution in [0.2, 0.25) is 0 Å². The fourth-order valence-electron chi connectivity index (χ4n) is 2.08. The van der Waals surface area contributed by atoms with Gasteiger partial charge in [0.05, 0.1) is 23.5 Å². The van der Waals surface area contributed by atoms with E-state index >= 15 is 0 Å². The van der Waals surface area contributed by atoms with Gasteiger partial charge in [0.15, 0.2) is 11.5 Å². The number of nitrogens with one attached hydrogen (secondary N) is 1. The third kappa shape index (κ3) is 4.70. The van der Waals surface area contributed by atoms with Crippen molar-refractivity contribution < 1.29 is 9.47 Å². The number of thiazole rings is 1. The Morgan fingerprint density at radius 2 is 2.27 bits per heavy atom. The highest BCUT2D eigenvalue weighted by Crippen LogP contribution is 2.36. The highest BCUT2D eigenvalue weighted by Gasteiger charge is 2.12. The van der Waals surface area contributed by atoms with Crippen molar-refractivity contribution in [3.8, 4) is 11.5 Å². The summed E-state index contributed by atoms with van der Waals surface area (Å²) in [5.74, 6) is 1.66. The summed E-state index contributed by atoms with van der Waals surface area (Å²) in [5, 5.41) is 6.52. The van der Waals surface area contributed by atoms with Gasteiger partial charge in [-0.05, 0) is 45.8 Å². The maximum atomic E-state index is 5.86. The molecule has 0 amide bonds. The molecule has 0 radical (unpaired) electrons. The SMILES string of the molecule is COc1cc(C=NNc2nc(N)cs2)cc(Br)c1OCc1ccccn1. The first-order chi connectivity index (χ1) is 12.7. The number of hydrogen-bond donors (Lipinski definition) is 2. The Bertz CT molecular complexity index is 901. The molecule has 134 valence electrons. The fraction of sp³-hybridized carbons (Fsp3) is 0.118. The van der Waals surface area contributed by atoms with Crippen LogP contribution in [0.4, 0.5) is 10.9 Å². The number of hydrazone groups is 1. The van der Waals surface area contributed by atoms with Crippen LogP contribution in [0.3, 0.4) is 0 Å². The molecule has 2 aromatic heterocycles. The van der Waals surface area contributed by atoms with E-state index in [1.165, 1.54) is 11.3 Å². The number of ether oxygens (including phenoxy) is 2. The Kier molecular flexibility index (Phi) is 6.03. The van der Waals surface area contributed by atoms with Gasteiger partial charge >= 0.3 is 0 Å². The van der Waals surface area contributed by atoms with E-state index in [4.69, 9.17) is 15.2 Å². The molecule has 0 saturated carbocycles. The molecule has 26 heavy (non-hydrogen) atoms. The number of benzene rings is 1. The molecule has 3 aromatic rings. The van der Waals surface area contributed by atoms with Crippen LogP contribution in [0, 0.1) is 0 Å². The molecule has 3 rings (SSSR count). The van der Waals surface area contributed by atoms with Gasteiger partial charge in [-0.15, -0.1) is 11.3 Å². The lowest BCUT2D eigenvalue weighted by Gasteiger charge is -2.13. The molecule has 3 N–H and O–H groups in total. The zero-order valence-electron chi connectivity index (χ0n) is 13.8. The number of halogens is 1. The monoisotopic (exact) mass is 433 g/mol. The van der Waals surface area contributed by atoms with Crippen LogP contribution in [0.1, 0.15) is 11.3 Å². The first kappa shape index (κ1) is 18.2. The number of nitrogens with two attached hydrogens (primary N) is 1. The second-order valence-electron chi connectivity index (χ2n) is 5.09. The Morgan fingerprint density at radius 1 is 1.38 bits per heavy atom. The summed E-state index contributed by atoms with van der Waals surface area (Å²) in [4.78, 5) is 8.32. The van der Waals surface area contributed by atoms with E-state index in [2.05, 4.69) is 36.4 Å². The zero-order chi connectivity index (χ0) is 18.4. The predicted octanol–water partition coefficient (Wildman–Crippen LogP) is 3.92. The average Bonchev–Trinajstić information content (AvgIpc) is 3.06. The third-order valence-corrected chi connectivity index (χ3v) is 4.59. The third-order valence-electron chi connectivity index (χ3n) is 3.24. The minimum absolute atomic E-state index is 0.344. The Labute approximate surface area is 163 Å². The molecular weight excluding hydrogens is 418 g/mol. The number of nitrogens with zero attached hydrogens (tertiary/aromatic N) is 3. The van der Waals surface area contributed by atoms with Gasteiger partial charge in [0, 0.05) is 11.6 Å². The molecule has 0 bridgehead atoms. The van der Waals surface area contributed by atoms with Gasteiger partial charge in [0.1, 0.15) is 12.4 Å². The van der Waals surface area contributed by atoms with Crippen molar-refractivity contribution in [2.75, 3.05) is 18.3 Å². The van der Waals surface area contributed by atoms with Crippen molar-refractivity contribution in [3.05, 3.63) is 57.6 Å². The molecule has 0 saturated heterocycles. The van der Waals surface area contributed by atoms with E-state index in [1.807, 2.05) is 30.3 Å². The van der Waals surface area contributed by atoms with E-state index in [0.717, 1.165) is 15.7 Å². The minimum atomic E-state index is 0.344. The largest absolute Gasteiger partial charge is 0.493 e. The molecule has 0 spiro atoms. The fourth-order valence-corrected chi connectivity index (χ4v) is 3.21. The molecule has 0 aliphatic rings. The van der Waals surface area contributed by atoms with Gasteiger partial charge in [-0.3, -0.25) is 10.4 Å². The smallest absolute Gasteiger partial charge is 0.205 e. The van der Waals surface area contributed by atoms with Crippen LogP contribution < -0.4 is 20.6 Å². The summed E-state index contributed by atoms with van der Waals surface area (Å²) < 4.78 is 12.1. The van der Waals surface area contributed by atoms with Crippen LogP contribution in [0.5, 0.6) is 11.5 Å². The van der Waals surface area contributed by atoms with Gasteiger partial charge in [0.2, 0.25) is 5.13 Å². The molecule has 0 fully saturated rings. The Hall–Kier alpha value is -2.65. The van der Waals surface area contributed by atoms with Crippen molar-refractivity contribution in [3.63, 3.8) is 0 Å². The molecule has 1 aromatic carbocycles. The highest BCUT2D eigenvalue weighted by molar-refractivity contribution is 9.10. The normalized spacial score (nSPS) is 10.8. The van der Waals surface area contributed by atoms with Crippen LogP contribution in [0.15, 0.2) is 51.5 Å². The summed E-state index contributed by atoms with van der Waals surface area (Å²) >= 11 is 4.90. The maximum Gasteiger partial charge on any atom is 0.205 e. The average molecular weight is 434 g/mol. The Balaban J connectivity index is 1.71. The highest BCUT2D eigenvalue weighted by atomic mass is 79.9. The van der Waals surface area contributed by atoms with Crippen LogP contribution >= 0.6 is 27.3 Å². The molecule has 9 heteroatoms. The summed E-state index contributed by atoms with van der Waals surface area (Å²) in [6.07, 6.45) is 3.39. The molecule has 7 nitrogen and oxygen atoms in total. The van der Waals surface area contributed by atoms with E-state index < -0.39 is 0 Å². The van der Waals surface area contributed by atoms with Crippen molar-refractivity contribution >= 4 is 44.4 Å². The first-order valence-corrected chi connectivity index (χ1v) is 9.23. The lowest BCUT2D eigenvalue weighted by molar-refractivity contribution is 0.279. The Morgan fingerprint density at radius 3 is 2.96 bits per heavy atom. The minimum Gasteiger partial charge on any atom is -0.493 e. The lowest BCUT2D eigenvalue weighted by atomic mass is 10.2. The van der Waals surface area contributed by atoms with E-state index in [-0.39, 0.29) is 0 Å². The van der Waals surface area contributed by atoms with Crippen molar-refractivity contribution in [1.29, 1.82) is 0 Å². The number of nitrogen functional groups attached to an aromatic ring is 1. The first-order valence-electron chi connectivity index (χ1n) is 7.56. The number of hydrogen-bond acceptors (Lipinski definition) is 8. The van der Waals surface area contributed by atoms with Crippen LogP contribution in [-0.2, 0) is 6.61 Å². The van der Waals surface area contributed by atoms with Crippen LogP contribution in [-0.4, -0.2) is 23.3 Å². The van der Waals surface area contributed by atoms with E-state index in [1.54, 1.807) is 24.9 Å². The van der Waals surface area contributed by atoms with Crippen LogP contribution in [0.25, 0.3) is 0 Å². The molecule has 0 unspecified atom stereocenters. The molecule has 0 atom stereocenters. The van der Waals surface area contributed by atoms with Crippen molar-refractivity contribution in [2.24, 2.45) is 5.10 Å². The zero-order valence-corrected chi connectivity index (χ0v) is 16.3. The van der Waals surface area contributed by atoms with Crippen molar-refractivity contribution in [2.45, 2.75) is 6.61 Å². The summed E-state index contributed by atoms with van der Waals surface area (Å²) in [7, 11) is 1.59. The second kappa shape index (κ2) is 8.63. The molecule has 0 aliphatic heterocycles. The maximum absolute atomic E-state index is 5.86. The number of aromatic nitrogens is 2. The quantitative estimate of drug-likeness (QED) is 0.433. The second-order valence-corrected chi connectivity index (χ2v) is 6.80. The van der Waals surface area contributed by atoms with Crippen molar-refractivity contribution in [1.82, 2.24) is 9.97 Å². The molecule has 0 aliphatic carbocycles.